The third-order valence-electron chi connectivity index (χ3n) is 7.99. The van der Waals surface area contributed by atoms with Gasteiger partial charge in [0, 0.05) is 31.0 Å². The summed E-state index contributed by atoms with van der Waals surface area (Å²) < 4.78 is 46.3. The molecule has 1 aliphatic carbocycles. The number of methoxy groups -OCH3 is 1. The molecular formula is C30H37F3N4O3. The van der Waals surface area contributed by atoms with Crippen LogP contribution in [0.4, 0.5) is 19.0 Å². The van der Waals surface area contributed by atoms with Gasteiger partial charge in [-0.25, -0.2) is 9.97 Å². The highest BCUT2D eigenvalue weighted by Crippen LogP contribution is 2.43. The summed E-state index contributed by atoms with van der Waals surface area (Å²) in [4.78, 5) is 23.5. The minimum Gasteiger partial charge on any atom is -0.496 e. The second-order valence-corrected chi connectivity index (χ2v) is 10.6. The first kappa shape index (κ1) is 29.6. The number of nitrogens with one attached hydrogen (secondary N) is 1. The highest BCUT2D eigenvalue weighted by atomic mass is 19.4. The lowest BCUT2D eigenvalue weighted by Crippen LogP contribution is -2.36. The fourth-order valence-corrected chi connectivity index (χ4v) is 5.83. The molecule has 7 nitrogen and oxygen atoms in total. The number of ether oxygens (including phenoxy) is 1. The number of aliphatic hydroxyl groups is 1. The Kier molecular flexibility index (Phi) is 8.87. The van der Waals surface area contributed by atoms with Crippen molar-refractivity contribution in [2.75, 3.05) is 32.6 Å². The van der Waals surface area contributed by atoms with Gasteiger partial charge in [0.05, 0.1) is 30.8 Å². The molecule has 1 fully saturated rings. The quantitative estimate of drug-likeness (QED) is 0.344. The number of fused-ring (bicyclic) bond motifs is 1. The Morgan fingerprint density at radius 1 is 1.18 bits per heavy atom. The molecule has 40 heavy (non-hydrogen) atoms. The van der Waals surface area contributed by atoms with Crippen LogP contribution in [0.3, 0.4) is 0 Å². The number of aromatic nitrogens is 2. The molecule has 0 bridgehead atoms. The SMILES string of the molecule is COc1cc2nc(C)nc(N[C@H](C)c3cccc(C(F)(F)F)c3C)c2cc1C1CCC(C(=O)N(C)CCO)CC1. The predicted molar refractivity (Wildman–Crippen MR) is 148 cm³/mol. The van der Waals surface area contributed by atoms with Crippen LogP contribution in [-0.4, -0.2) is 53.2 Å². The summed E-state index contributed by atoms with van der Waals surface area (Å²) in [6.07, 6.45) is -1.34. The Balaban J connectivity index is 1.64. The van der Waals surface area contributed by atoms with Crippen molar-refractivity contribution in [2.45, 2.75) is 64.6 Å². The van der Waals surface area contributed by atoms with Crippen LogP contribution >= 0.6 is 0 Å². The molecule has 0 radical (unpaired) electrons. The van der Waals surface area contributed by atoms with Crippen molar-refractivity contribution in [3.05, 3.63) is 58.4 Å². The van der Waals surface area contributed by atoms with Crippen molar-refractivity contribution < 1.29 is 27.8 Å². The van der Waals surface area contributed by atoms with Gasteiger partial charge in [0.1, 0.15) is 17.4 Å². The van der Waals surface area contributed by atoms with Crippen LogP contribution in [0.5, 0.6) is 5.75 Å². The number of halogens is 3. The molecule has 0 saturated heterocycles. The normalized spacial score (nSPS) is 18.4. The number of anilines is 1. The molecule has 1 saturated carbocycles. The number of alkyl halides is 3. The Hall–Kier alpha value is -3.40. The average Bonchev–Trinajstić information content (AvgIpc) is 2.91. The fourth-order valence-electron chi connectivity index (χ4n) is 5.83. The number of hydrogen-bond donors (Lipinski definition) is 2. The molecule has 1 aromatic heterocycles. The Labute approximate surface area is 232 Å². The van der Waals surface area contributed by atoms with E-state index in [1.54, 1.807) is 32.0 Å². The first-order valence-corrected chi connectivity index (χ1v) is 13.6. The number of carbonyl (C=O) groups excluding carboxylic acids is 1. The lowest BCUT2D eigenvalue weighted by Gasteiger charge is -2.31. The van der Waals surface area contributed by atoms with Gasteiger partial charge < -0.3 is 20.1 Å². The van der Waals surface area contributed by atoms with E-state index in [9.17, 15) is 18.0 Å². The van der Waals surface area contributed by atoms with Crippen molar-refractivity contribution in [2.24, 2.45) is 5.92 Å². The van der Waals surface area contributed by atoms with Gasteiger partial charge in [-0.3, -0.25) is 4.79 Å². The first-order chi connectivity index (χ1) is 18.9. The van der Waals surface area contributed by atoms with Gasteiger partial charge in [-0.05, 0) is 81.2 Å². The Morgan fingerprint density at radius 3 is 2.50 bits per heavy atom. The molecule has 1 aliphatic rings. The smallest absolute Gasteiger partial charge is 0.416 e. The summed E-state index contributed by atoms with van der Waals surface area (Å²) in [7, 11) is 3.34. The third-order valence-corrected chi connectivity index (χ3v) is 7.99. The van der Waals surface area contributed by atoms with E-state index in [2.05, 4.69) is 15.3 Å². The number of nitrogens with zero attached hydrogens (tertiary/aromatic N) is 3. The Bertz CT molecular complexity index is 1370. The van der Waals surface area contributed by atoms with E-state index in [1.165, 1.54) is 13.0 Å². The van der Waals surface area contributed by atoms with E-state index in [0.717, 1.165) is 42.7 Å². The molecule has 0 spiro atoms. The summed E-state index contributed by atoms with van der Waals surface area (Å²) in [5.74, 6) is 1.95. The van der Waals surface area contributed by atoms with E-state index in [1.807, 2.05) is 19.1 Å². The van der Waals surface area contributed by atoms with Crippen LogP contribution in [0.15, 0.2) is 30.3 Å². The van der Waals surface area contributed by atoms with E-state index in [-0.39, 0.29) is 29.9 Å². The van der Waals surface area contributed by atoms with Crippen molar-refractivity contribution >= 4 is 22.6 Å². The summed E-state index contributed by atoms with van der Waals surface area (Å²) in [6.45, 7) is 5.35. The van der Waals surface area contributed by atoms with Gasteiger partial charge in [-0.15, -0.1) is 0 Å². The van der Waals surface area contributed by atoms with Crippen molar-refractivity contribution in [3.8, 4) is 5.75 Å². The molecular weight excluding hydrogens is 521 g/mol. The highest BCUT2D eigenvalue weighted by molar-refractivity contribution is 5.91. The van der Waals surface area contributed by atoms with Crippen LogP contribution in [0.25, 0.3) is 10.9 Å². The largest absolute Gasteiger partial charge is 0.496 e. The summed E-state index contributed by atoms with van der Waals surface area (Å²) in [6, 6.07) is 7.69. The number of likely N-dealkylation sites (N-methyl/N-ethyl adjacent to an activating group) is 1. The molecule has 216 valence electrons. The van der Waals surface area contributed by atoms with Gasteiger partial charge in [0.2, 0.25) is 5.91 Å². The number of hydrogen-bond acceptors (Lipinski definition) is 6. The number of benzene rings is 2. The zero-order valence-electron chi connectivity index (χ0n) is 23.6. The Morgan fingerprint density at radius 2 is 1.88 bits per heavy atom. The van der Waals surface area contributed by atoms with Gasteiger partial charge in [0.25, 0.3) is 0 Å². The number of amides is 1. The van der Waals surface area contributed by atoms with Crippen LogP contribution in [0.2, 0.25) is 0 Å². The van der Waals surface area contributed by atoms with Crippen LogP contribution in [-0.2, 0) is 11.0 Å². The molecule has 3 aromatic rings. The molecule has 4 rings (SSSR count). The fraction of sp³-hybridized carbons (Fsp3) is 0.500. The van der Waals surface area contributed by atoms with Gasteiger partial charge in [0.15, 0.2) is 0 Å². The zero-order valence-corrected chi connectivity index (χ0v) is 23.6. The van der Waals surface area contributed by atoms with E-state index >= 15 is 0 Å². The number of carbonyl (C=O) groups is 1. The van der Waals surface area contributed by atoms with E-state index in [0.29, 0.717) is 35.0 Å². The van der Waals surface area contributed by atoms with Crippen LogP contribution < -0.4 is 10.1 Å². The maximum atomic E-state index is 13.5. The van der Waals surface area contributed by atoms with Gasteiger partial charge >= 0.3 is 6.18 Å². The maximum Gasteiger partial charge on any atom is 0.416 e. The molecule has 10 heteroatoms. The van der Waals surface area contributed by atoms with Crippen molar-refractivity contribution in [1.29, 1.82) is 0 Å². The van der Waals surface area contributed by atoms with Gasteiger partial charge in [-0.2, -0.15) is 13.2 Å². The second kappa shape index (κ2) is 12.0. The van der Waals surface area contributed by atoms with E-state index < -0.39 is 17.8 Å². The minimum atomic E-state index is -4.43. The highest BCUT2D eigenvalue weighted by Gasteiger charge is 2.34. The van der Waals surface area contributed by atoms with Crippen molar-refractivity contribution in [1.82, 2.24) is 14.9 Å². The maximum absolute atomic E-state index is 13.5. The molecule has 2 aromatic carbocycles. The molecule has 1 heterocycles. The predicted octanol–water partition coefficient (Wildman–Crippen LogP) is 6.17. The van der Waals surface area contributed by atoms with Gasteiger partial charge in [-0.1, -0.05) is 12.1 Å². The lowest BCUT2D eigenvalue weighted by molar-refractivity contribution is -0.138. The monoisotopic (exact) mass is 558 g/mol. The van der Waals surface area contributed by atoms with Crippen LogP contribution in [0, 0.1) is 19.8 Å². The summed E-state index contributed by atoms with van der Waals surface area (Å²) in [5, 5.41) is 13.3. The summed E-state index contributed by atoms with van der Waals surface area (Å²) >= 11 is 0. The second-order valence-electron chi connectivity index (χ2n) is 10.6. The summed E-state index contributed by atoms with van der Waals surface area (Å²) in [5.41, 5.74) is 1.76. The number of aliphatic hydroxyl groups excluding tert-OH is 1. The third kappa shape index (κ3) is 6.16. The zero-order chi connectivity index (χ0) is 29.2. The lowest BCUT2D eigenvalue weighted by atomic mass is 9.77. The molecule has 1 atom stereocenters. The number of aryl methyl sites for hydroxylation is 1. The minimum absolute atomic E-state index is 0.0598. The molecule has 2 N–H and O–H groups in total. The molecule has 0 unspecified atom stereocenters. The molecule has 0 aliphatic heterocycles. The molecule has 1 amide bonds. The van der Waals surface area contributed by atoms with Crippen molar-refractivity contribution in [3.63, 3.8) is 0 Å². The van der Waals surface area contributed by atoms with Crippen LogP contribution in [0.1, 0.15) is 72.6 Å². The standard InChI is InChI=1S/C30H37F3N4O3/c1-17-22(7-6-8-25(17)30(31,32)33)18(2)34-28-24-15-23(27(40-5)16-26(24)35-19(3)36-28)20-9-11-21(12-10-20)29(39)37(4)13-14-38/h6-8,15-16,18,20-21,38H,9-14H2,1-5H3,(H,34,35,36)/t18-,20?,21?/m1/s1. The number of rotatable bonds is 8. The topological polar surface area (TPSA) is 87.6 Å². The first-order valence-electron chi connectivity index (χ1n) is 13.6. The van der Waals surface area contributed by atoms with E-state index in [4.69, 9.17) is 9.84 Å². The average molecular weight is 559 g/mol.